The summed E-state index contributed by atoms with van der Waals surface area (Å²) in [5.74, 6) is 0.591. The minimum atomic E-state index is -0.358. The zero-order valence-corrected chi connectivity index (χ0v) is 12.8. The van der Waals surface area contributed by atoms with Crippen molar-refractivity contribution in [3.05, 3.63) is 41.9 Å². The fraction of sp³-hybridized carbons (Fsp3) is 0.400. The van der Waals surface area contributed by atoms with Crippen molar-refractivity contribution in [1.29, 1.82) is 0 Å². The predicted molar refractivity (Wildman–Crippen MR) is 83.6 cm³/mol. The predicted octanol–water partition coefficient (Wildman–Crippen LogP) is 1.53. The number of hydrogen-bond donors (Lipinski definition) is 3. The van der Waals surface area contributed by atoms with Crippen LogP contribution in [0.2, 0.25) is 0 Å². The van der Waals surface area contributed by atoms with E-state index >= 15 is 0 Å². The van der Waals surface area contributed by atoms with Gasteiger partial charge in [-0.1, -0.05) is 13.0 Å². The molecule has 0 fully saturated rings. The van der Waals surface area contributed by atoms with Crippen molar-refractivity contribution in [3.8, 4) is 0 Å². The number of aliphatic hydroxyl groups is 1. The molecule has 7 heteroatoms. The smallest absolute Gasteiger partial charge is 0.320 e. The van der Waals surface area contributed by atoms with E-state index in [9.17, 15) is 4.79 Å². The summed E-state index contributed by atoms with van der Waals surface area (Å²) in [4.78, 5) is 16.2. The number of aryl methyl sites for hydroxylation is 1. The molecule has 2 heterocycles. The third-order valence-corrected chi connectivity index (χ3v) is 3.23. The lowest BCUT2D eigenvalue weighted by atomic mass is 10.2. The van der Waals surface area contributed by atoms with Crippen LogP contribution < -0.4 is 10.6 Å². The Kier molecular flexibility index (Phi) is 5.48. The monoisotopic (exact) mass is 303 g/mol. The van der Waals surface area contributed by atoms with E-state index < -0.39 is 0 Å². The highest BCUT2D eigenvalue weighted by Gasteiger charge is 2.13. The first kappa shape index (κ1) is 16.0. The van der Waals surface area contributed by atoms with Gasteiger partial charge in [0.1, 0.15) is 5.82 Å². The lowest BCUT2D eigenvalue weighted by molar-refractivity contribution is 0.222. The number of nitrogens with one attached hydrogen (secondary N) is 2. The molecule has 1 atom stereocenters. The normalized spacial score (nSPS) is 12.0. The largest absolute Gasteiger partial charge is 0.394 e. The van der Waals surface area contributed by atoms with Crippen LogP contribution >= 0.6 is 0 Å². The molecule has 0 aliphatic rings. The maximum atomic E-state index is 12.0. The van der Waals surface area contributed by atoms with Crippen molar-refractivity contribution >= 4 is 11.8 Å². The van der Waals surface area contributed by atoms with E-state index in [0.29, 0.717) is 18.8 Å². The Labute approximate surface area is 129 Å². The molecule has 1 unspecified atom stereocenters. The first-order chi connectivity index (χ1) is 10.6. The number of nitrogens with zero attached hydrogens (tertiary/aromatic N) is 3. The topological polar surface area (TPSA) is 92.1 Å². The number of anilines is 1. The van der Waals surface area contributed by atoms with Gasteiger partial charge in [-0.25, -0.2) is 9.48 Å². The van der Waals surface area contributed by atoms with Crippen LogP contribution in [-0.2, 0) is 6.54 Å². The standard InChI is InChI=1S/C15H21N5O2/c1-3-12(10-21)17-15(22)18-14-8-11(2)19-20(14)9-13-6-4-5-7-16-13/h4-8,12,21H,3,9-10H2,1-2H3,(H2,17,18,22). The Hall–Kier alpha value is -2.41. The van der Waals surface area contributed by atoms with Gasteiger partial charge in [-0.05, 0) is 25.5 Å². The molecule has 0 aliphatic carbocycles. The van der Waals surface area contributed by atoms with Crippen molar-refractivity contribution < 1.29 is 9.90 Å². The van der Waals surface area contributed by atoms with E-state index in [1.54, 1.807) is 16.9 Å². The molecule has 118 valence electrons. The summed E-state index contributed by atoms with van der Waals surface area (Å²) in [6, 6.07) is 6.84. The maximum absolute atomic E-state index is 12.0. The maximum Gasteiger partial charge on any atom is 0.320 e. The molecular weight excluding hydrogens is 282 g/mol. The number of aromatic nitrogens is 3. The highest BCUT2D eigenvalue weighted by Crippen LogP contribution is 2.12. The summed E-state index contributed by atoms with van der Waals surface area (Å²) in [5, 5.41) is 19.0. The van der Waals surface area contributed by atoms with Gasteiger partial charge in [0.2, 0.25) is 0 Å². The van der Waals surface area contributed by atoms with Gasteiger partial charge in [-0.3, -0.25) is 10.3 Å². The molecule has 0 spiro atoms. The Bertz CT molecular complexity index is 608. The molecule has 0 bridgehead atoms. The quantitative estimate of drug-likeness (QED) is 0.754. The van der Waals surface area contributed by atoms with Gasteiger partial charge in [0.05, 0.1) is 30.6 Å². The number of aliphatic hydroxyl groups excluding tert-OH is 1. The number of pyridine rings is 1. The molecule has 2 aromatic rings. The number of hydrogen-bond acceptors (Lipinski definition) is 4. The van der Waals surface area contributed by atoms with E-state index in [4.69, 9.17) is 5.11 Å². The molecule has 0 aliphatic heterocycles. The molecule has 2 aromatic heterocycles. The first-order valence-electron chi connectivity index (χ1n) is 7.25. The van der Waals surface area contributed by atoms with Gasteiger partial charge in [-0.2, -0.15) is 5.10 Å². The Morgan fingerprint density at radius 3 is 2.91 bits per heavy atom. The van der Waals surface area contributed by atoms with Crippen molar-refractivity contribution in [1.82, 2.24) is 20.1 Å². The van der Waals surface area contributed by atoms with Crippen LogP contribution in [0.15, 0.2) is 30.5 Å². The minimum Gasteiger partial charge on any atom is -0.394 e. The van der Waals surface area contributed by atoms with Crippen LogP contribution in [-0.4, -0.2) is 38.6 Å². The zero-order chi connectivity index (χ0) is 15.9. The van der Waals surface area contributed by atoms with Crippen molar-refractivity contribution in [2.45, 2.75) is 32.9 Å². The van der Waals surface area contributed by atoms with Crippen molar-refractivity contribution in [3.63, 3.8) is 0 Å². The highest BCUT2D eigenvalue weighted by molar-refractivity contribution is 5.88. The molecule has 0 radical (unpaired) electrons. The van der Waals surface area contributed by atoms with Crippen molar-refractivity contribution in [2.75, 3.05) is 11.9 Å². The van der Waals surface area contributed by atoms with Gasteiger partial charge < -0.3 is 10.4 Å². The highest BCUT2D eigenvalue weighted by atomic mass is 16.3. The van der Waals surface area contributed by atoms with Crippen LogP contribution in [0.3, 0.4) is 0 Å². The average Bonchev–Trinajstić information content (AvgIpc) is 2.85. The summed E-state index contributed by atoms with van der Waals surface area (Å²) < 4.78 is 1.69. The minimum absolute atomic E-state index is 0.0872. The average molecular weight is 303 g/mol. The number of carbonyl (C=O) groups excluding carboxylic acids is 1. The third-order valence-electron chi connectivity index (χ3n) is 3.23. The van der Waals surface area contributed by atoms with Gasteiger partial charge >= 0.3 is 6.03 Å². The molecule has 7 nitrogen and oxygen atoms in total. The van der Waals surface area contributed by atoms with E-state index in [1.165, 1.54) is 0 Å². The fourth-order valence-corrected chi connectivity index (χ4v) is 2.03. The van der Waals surface area contributed by atoms with Crippen LogP contribution in [0, 0.1) is 6.92 Å². The number of carbonyl (C=O) groups is 1. The third kappa shape index (κ3) is 4.29. The molecule has 3 N–H and O–H groups in total. The molecule has 0 aromatic carbocycles. The van der Waals surface area contributed by atoms with Crippen LogP contribution in [0.5, 0.6) is 0 Å². The summed E-state index contributed by atoms with van der Waals surface area (Å²) in [6.07, 6.45) is 2.38. The Balaban J connectivity index is 2.06. The van der Waals surface area contributed by atoms with Crippen LogP contribution in [0.25, 0.3) is 0 Å². The van der Waals surface area contributed by atoms with E-state index in [1.807, 2.05) is 32.0 Å². The number of urea groups is 1. The lowest BCUT2D eigenvalue weighted by Gasteiger charge is -2.15. The first-order valence-corrected chi connectivity index (χ1v) is 7.25. The van der Waals surface area contributed by atoms with Crippen LogP contribution in [0.4, 0.5) is 10.6 Å². The second-order valence-electron chi connectivity index (χ2n) is 5.04. The summed E-state index contributed by atoms with van der Waals surface area (Å²) >= 11 is 0. The summed E-state index contributed by atoms with van der Waals surface area (Å²) in [6.45, 7) is 4.15. The van der Waals surface area contributed by atoms with Gasteiger partial charge in [-0.15, -0.1) is 0 Å². The van der Waals surface area contributed by atoms with Gasteiger partial charge in [0, 0.05) is 12.3 Å². The van der Waals surface area contributed by atoms with E-state index in [0.717, 1.165) is 11.4 Å². The number of amides is 2. The molecule has 22 heavy (non-hydrogen) atoms. The summed E-state index contributed by atoms with van der Waals surface area (Å²) in [5.41, 5.74) is 1.66. The second-order valence-corrected chi connectivity index (χ2v) is 5.04. The summed E-state index contributed by atoms with van der Waals surface area (Å²) in [7, 11) is 0. The van der Waals surface area contributed by atoms with E-state index in [-0.39, 0.29) is 18.7 Å². The zero-order valence-electron chi connectivity index (χ0n) is 12.8. The van der Waals surface area contributed by atoms with E-state index in [2.05, 4.69) is 20.7 Å². The van der Waals surface area contributed by atoms with Gasteiger partial charge in [0.15, 0.2) is 0 Å². The lowest BCUT2D eigenvalue weighted by Crippen LogP contribution is -2.40. The Morgan fingerprint density at radius 2 is 2.27 bits per heavy atom. The number of rotatable bonds is 6. The van der Waals surface area contributed by atoms with Crippen molar-refractivity contribution in [2.24, 2.45) is 0 Å². The SMILES string of the molecule is CCC(CO)NC(=O)Nc1cc(C)nn1Cc1ccccn1. The molecule has 0 saturated heterocycles. The van der Waals surface area contributed by atoms with Crippen LogP contribution in [0.1, 0.15) is 24.7 Å². The molecular formula is C15H21N5O2. The Morgan fingerprint density at radius 1 is 1.45 bits per heavy atom. The molecule has 2 rings (SSSR count). The second kappa shape index (κ2) is 7.56. The fourth-order valence-electron chi connectivity index (χ4n) is 2.03. The van der Waals surface area contributed by atoms with Gasteiger partial charge in [0.25, 0.3) is 0 Å². The molecule has 2 amide bonds. The molecule has 0 saturated carbocycles.